The second-order valence-electron chi connectivity index (χ2n) is 7.14. The summed E-state index contributed by atoms with van der Waals surface area (Å²) in [6, 6.07) is 6.97. The molecule has 1 aliphatic heterocycles. The number of aliphatic imine (C=N–C) groups is 1. The van der Waals surface area contributed by atoms with E-state index in [-0.39, 0.29) is 40.6 Å². The van der Waals surface area contributed by atoms with Crippen LogP contribution in [0.2, 0.25) is 0 Å². The zero-order chi connectivity index (χ0) is 16.3. The lowest BCUT2D eigenvalue weighted by atomic mass is 9.89. The van der Waals surface area contributed by atoms with Gasteiger partial charge in [0.2, 0.25) is 0 Å². The maximum atomic E-state index is 13.5. The number of nitrogens with zero attached hydrogens (tertiary/aromatic N) is 1. The molecule has 2 aliphatic rings. The first-order valence-corrected chi connectivity index (χ1v) is 8.41. The van der Waals surface area contributed by atoms with Crippen LogP contribution in [0.4, 0.5) is 4.39 Å². The van der Waals surface area contributed by atoms with Crippen molar-refractivity contribution < 1.29 is 9.13 Å². The SMILES string of the molecule is CCNC(=NCC1(C)COC1)NCC1(c2cccc(F)c2)CC1.I. The summed E-state index contributed by atoms with van der Waals surface area (Å²) in [7, 11) is 0. The number of hydrogen-bond donors (Lipinski definition) is 2. The van der Waals surface area contributed by atoms with E-state index in [0.29, 0.717) is 0 Å². The van der Waals surface area contributed by atoms with E-state index in [1.165, 1.54) is 6.07 Å². The number of ether oxygens (including phenoxy) is 1. The van der Waals surface area contributed by atoms with Crippen LogP contribution in [-0.2, 0) is 10.2 Å². The molecule has 2 N–H and O–H groups in total. The minimum absolute atomic E-state index is 0. The Hall–Kier alpha value is -0.890. The van der Waals surface area contributed by atoms with Gasteiger partial charge >= 0.3 is 0 Å². The standard InChI is InChI=1S/C18H26FN3O.HI/c1-3-20-16(21-10-17(2)12-23-13-17)22-11-18(7-8-18)14-5-4-6-15(19)9-14;/h4-6,9H,3,7-8,10-13H2,1-2H3,(H2,20,21,22);1H. The first-order valence-electron chi connectivity index (χ1n) is 8.41. The van der Waals surface area contributed by atoms with E-state index in [1.54, 1.807) is 12.1 Å². The van der Waals surface area contributed by atoms with E-state index >= 15 is 0 Å². The molecule has 1 heterocycles. The van der Waals surface area contributed by atoms with Crippen molar-refractivity contribution in [1.29, 1.82) is 0 Å². The highest BCUT2D eigenvalue weighted by atomic mass is 127. The third kappa shape index (κ3) is 4.59. The maximum Gasteiger partial charge on any atom is 0.191 e. The largest absolute Gasteiger partial charge is 0.380 e. The van der Waals surface area contributed by atoms with Crippen molar-refractivity contribution in [3.63, 3.8) is 0 Å². The predicted octanol–water partition coefficient (Wildman–Crippen LogP) is 3.07. The first-order chi connectivity index (χ1) is 11.1. The van der Waals surface area contributed by atoms with E-state index in [2.05, 4.69) is 29.5 Å². The van der Waals surface area contributed by atoms with Crippen LogP contribution in [0.5, 0.6) is 0 Å². The molecule has 0 radical (unpaired) electrons. The molecule has 0 spiro atoms. The fraction of sp³-hybridized carbons (Fsp3) is 0.611. The Balaban J connectivity index is 0.00000208. The highest BCUT2D eigenvalue weighted by Gasteiger charge is 2.44. The van der Waals surface area contributed by atoms with Crippen molar-refractivity contribution >= 4 is 29.9 Å². The van der Waals surface area contributed by atoms with E-state index in [9.17, 15) is 4.39 Å². The lowest BCUT2D eigenvalue weighted by Crippen LogP contribution is -2.45. The van der Waals surface area contributed by atoms with Gasteiger partial charge in [0.25, 0.3) is 0 Å². The molecule has 1 aliphatic carbocycles. The van der Waals surface area contributed by atoms with Crippen LogP contribution in [0.3, 0.4) is 0 Å². The maximum absolute atomic E-state index is 13.5. The van der Waals surface area contributed by atoms with Crippen molar-refractivity contribution in [2.24, 2.45) is 10.4 Å². The number of rotatable bonds is 6. The molecule has 4 nitrogen and oxygen atoms in total. The van der Waals surface area contributed by atoms with Crippen molar-refractivity contribution in [1.82, 2.24) is 10.6 Å². The van der Waals surface area contributed by atoms with E-state index in [4.69, 9.17) is 4.74 Å². The summed E-state index contributed by atoms with van der Waals surface area (Å²) in [5.41, 5.74) is 1.31. The zero-order valence-electron chi connectivity index (χ0n) is 14.4. The Kier molecular flexibility index (Phi) is 6.47. The molecule has 3 rings (SSSR count). The number of nitrogens with one attached hydrogen (secondary N) is 2. The third-order valence-corrected chi connectivity index (χ3v) is 4.75. The molecule has 2 fully saturated rings. The molecule has 0 bridgehead atoms. The van der Waals surface area contributed by atoms with Crippen molar-refractivity contribution in [3.05, 3.63) is 35.6 Å². The van der Waals surface area contributed by atoms with E-state index < -0.39 is 0 Å². The summed E-state index contributed by atoms with van der Waals surface area (Å²) >= 11 is 0. The number of benzene rings is 1. The van der Waals surface area contributed by atoms with Gasteiger partial charge in [-0.3, -0.25) is 4.99 Å². The second kappa shape index (κ2) is 7.99. The lowest BCUT2D eigenvalue weighted by Gasteiger charge is -2.36. The highest BCUT2D eigenvalue weighted by molar-refractivity contribution is 14.0. The smallest absolute Gasteiger partial charge is 0.191 e. The average Bonchev–Trinajstić information content (AvgIpc) is 3.29. The van der Waals surface area contributed by atoms with Crippen LogP contribution in [0.15, 0.2) is 29.3 Å². The Morgan fingerprint density at radius 1 is 1.29 bits per heavy atom. The Morgan fingerprint density at radius 3 is 2.58 bits per heavy atom. The summed E-state index contributed by atoms with van der Waals surface area (Å²) < 4.78 is 18.8. The molecule has 134 valence electrons. The number of halogens is 2. The first kappa shape index (κ1) is 19.4. The number of hydrogen-bond acceptors (Lipinski definition) is 2. The summed E-state index contributed by atoms with van der Waals surface area (Å²) in [6.07, 6.45) is 2.18. The van der Waals surface area contributed by atoms with Crippen LogP contribution in [-0.4, -0.2) is 38.8 Å². The molecule has 1 aromatic rings. The van der Waals surface area contributed by atoms with Crippen LogP contribution >= 0.6 is 24.0 Å². The Morgan fingerprint density at radius 2 is 2.04 bits per heavy atom. The van der Waals surface area contributed by atoms with Crippen LogP contribution in [0.25, 0.3) is 0 Å². The third-order valence-electron chi connectivity index (χ3n) is 4.75. The van der Waals surface area contributed by atoms with E-state index in [0.717, 1.165) is 57.2 Å². The molecule has 0 amide bonds. The number of guanidine groups is 1. The normalized spacial score (nSPS) is 20.5. The Bertz CT molecular complexity index is 585. The molecule has 0 unspecified atom stereocenters. The molecular formula is C18H27FIN3O. The zero-order valence-corrected chi connectivity index (χ0v) is 16.7. The van der Waals surface area contributed by atoms with Gasteiger partial charge in [0.15, 0.2) is 5.96 Å². The molecule has 1 aromatic carbocycles. The molecule has 0 aromatic heterocycles. The van der Waals surface area contributed by atoms with E-state index in [1.807, 2.05) is 6.07 Å². The minimum atomic E-state index is -0.160. The second-order valence-corrected chi connectivity index (χ2v) is 7.14. The predicted molar refractivity (Wildman–Crippen MR) is 106 cm³/mol. The fourth-order valence-corrected chi connectivity index (χ4v) is 2.94. The molecule has 24 heavy (non-hydrogen) atoms. The monoisotopic (exact) mass is 447 g/mol. The van der Waals surface area contributed by atoms with Crippen molar-refractivity contribution in [3.8, 4) is 0 Å². The van der Waals surface area contributed by atoms with Gasteiger partial charge in [0.1, 0.15) is 5.82 Å². The molecule has 0 atom stereocenters. The van der Waals surface area contributed by atoms with Gasteiger partial charge in [0.05, 0.1) is 19.8 Å². The summed E-state index contributed by atoms with van der Waals surface area (Å²) in [5, 5.41) is 6.73. The highest BCUT2D eigenvalue weighted by Crippen LogP contribution is 2.47. The van der Waals surface area contributed by atoms with Crippen LogP contribution in [0, 0.1) is 11.2 Å². The lowest BCUT2D eigenvalue weighted by molar-refractivity contribution is -0.0945. The van der Waals surface area contributed by atoms with Gasteiger partial charge in [0, 0.05) is 23.9 Å². The molecule has 1 saturated carbocycles. The van der Waals surface area contributed by atoms with Gasteiger partial charge in [-0.2, -0.15) is 0 Å². The van der Waals surface area contributed by atoms with Crippen molar-refractivity contribution in [2.45, 2.75) is 32.1 Å². The van der Waals surface area contributed by atoms with Crippen molar-refractivity contribution in [2.75, 3.05) is 32.8 Å². The molecular weight excluding hydrogens is 420 g/mol. The molecule has 6 heteroatoms. The quantitative estimate of drug-likeness (QED) is 0.401. The summed E-state index contributed by atoms with van der Waals surface area (Å²) in [6.45, 7) is 8.19. The Labute approximate surface area is 160 Å². The van der Waals surface area contributed by atoms with Gasteiger partial charge < -0.3 is 15.4 Å². The van der Waals surface area contributed by atoms with Gasteiger partial charge in [-0.25, -0.2) is 4.39 Å². The average molecular weight is 447 g/mol. The van der Waals surface area contributed by atoms with Gasteiger partial charge in [-0.1, -0.05) is 19.1 Å². The van der Waals surface area contributed by atoms with Crippen LogP contribution in [0.1, 0.15) is 32.3 Å². The van der Waals surface area contributed by atoms with Crippen LogP contribution < -0.4 is 10.6 Å². The minimum Gasteiger partial charge on any atom is -0.380 e. The summed E-state index contributed by atoms with van der Waals surface area (Å²) in [4.78, 5) is 4.69. The topological polar surface area (TPSA) is 45.7 Å². The fourth-order valence-electron chi connectivity index (χ4n) is 2.94. The van der Waals surface area contributed by atoms with Gasteiger partial charge in [-0.15, -0.1) is 24.0 Å². The summed E-state index contributed by atoms with van der Waals surface area (Å²) in [5.74, 6) is 0.676. The molecule has 1 saturated heterocycles. The van der Waals surface area contributed by atoms with Gasteiger partial charge in [-0.05, 0) is 37.5 Å².